The topological polar surface area (TPSA) is 12.5 Å². The third-order valence-electron chi connectivity index (χ3n) is 4.00. The fraction of sp³-hybridized carbons (Fsp3) is 0.111. The normalized spacial score (nSPS) is 15.9. The lowest BCUT2D eigenvalue weighted by atomic mass is 10.1. The molecule has 0 radical (unpaired) electrons. The van der Waals surface area contributed by atoms with Crippen LogP contribution in [0.25, 0.3) is 11.8 Å². The largest absolute Gasteiger partial charge is 0.379 e. The van der Waals surface area contributed by atoms with E-state index >= 15 is 0 Å². The molecule has 0 atom stereocenters. The highest BCUT2D eigenvalue weighted by Crippen LogP contribution is 2.36. The lowest BCUT2D eigenvalue weighted by Crippen LogP contribution is -2.30. The van der Waals surface area contributed by atoms with Crippen LogP contribution in [0.4, 0.5) is 5.69 Å². The molecule has 0 aromatic heterocycles. The third kappa shape index (κ3) is 1.45. The van der Waals surface area contributed by atoms with E-state index < -0.39 is 0 Å². The van der Waals surface area contributed by atoms with E-state index in [1.807, 2.05) is 18.1 Å². The van der Waals surface area contributed by atoms with Crippen molar-refractivity contribution in [3.63, 3.8) is 0 Å². The fourth-order valence-electron chi connectivity index (χ4n) is 2.85. The predicted molar refractivity (Wildman–Crippen MR) is 81.0 cm³/mol. The van der Waals surface area contributed by atoms with Crippen molar-refractivity contribution in [2.24, 2.45) is 0 Å². The summed E-state index contributed by atoms with van der Waals surface area (Å²) in [6.07, 6.45) is 2.22. The van der Waals surface area contributed by atoms with Crippen molar-refractivity contribution in [1.82, 2.24) is 0 Å². The van der Waals surface area contributed by atoms with Gasteiger partial charge in [-0.3, -0.25) is 0 Å². The highest BCUT2D eigenvalue weighted by Gasteiger charge is 2.28. The zero-order valence-corrected chi connectivity index (χ0v) is 11.6. The molecule has 0 fully saturated rings. The van der Waals surface area contributed by atoms with Crippen molar-refractivity contribution in [2.75, 3.05) is 5.06 Å². The van der Waals surface area contributed by atoms with Gasteiger partial charge in [0.2, 0.25) is 0 Å². The molecule has 2 heteroatoms. The summed E-state index contributed by atoms with van der Waals surface area (Å²) in [5.74, 6) is 0.964. The Kier molecular flexibility index (Phi) is 2.27. The molecule has 2 heterocycles. The van der Waals surface area contributed by atoms with Gasteiger partial charge in [-0.1, -0.05) is 42.5 Å². The molecule has 98 valence electrons. The van der Waals surface area contributed by atoms with E-state index in [-0.39, 0.29) is 0 Å². The molecule has 2 aromatic rings. The zero-order valence-electron chi connectivity index (χ0n) is 11.6. The second-order valence-corrected chi connectivity index (χ2v) is 5.21. The lowest BCUT2D eigenvalue weighted by Gasteiger charge is -2.20. The molecule has 0 saturated carbocycles. The highest BCUT2D eigenvalue weighted by atomic mass is 16.7. The molecule has 0 amide bonds. The summed E-state index contributed by atoms with van der Waals surface area (Å²) in [5.41, 5.74) is 4.62. The molecule has 4 rings (SSSR count). The van der Waals surface area contributed by atoms with E-state index in [2.05, 4.69) is 55.5 Å². The van der Waals surface area contributed by atoms with Gasteiger partial charge in [0.25, 0.3) is 0 Å². The lowest BCUT2D eigenvalue weighted by molar-refractivity contribution is 0.234. The van der Waals surface area contributed by atoms with E-state index in [9.17, 15) is 0 Å². The van der Waals surface area contributed by atoms with Crippen LogP contribution in [-0.4, -0.2) is 0 Å². The fourth-order valence-corrected chi connectivity index (χ4v) is 2.85. The second-order valence-electron chi connectivity index (χ2n) is 5.21. The molecule has 2 aromatic carbocycles. The smallest absolute Gasteiger partial charge is 0.135 e. The van der Waals surface area contributed by atoms with Crippen molar-refractivity contribution < 1.29 is 4.84 Å². The standard InChI is InChI=1S/C18H15NO/c1-12-13(2)20-19-17-10-6-4-8-15(17)11-14-7-3-5-9-16(14)18(12)19/h3-11H,1-2H3. The zero-order chi connectivity index (χ0) is 13.7. The van der Waals surface area contributed by atoms with Crippen LogP contribution in [0, 0.1) is 0 Å². The van der Waals surface area contributed by atoms with Crippen LogP contribution in [0.1, 0.15) is 19.4 Å². The average Bonchev–Trinajstić information content (AvgIpc) is 2.68. The number of hydroxylamine groups is 1. The van der Waals surface area contributed by atoms with Gasteiger partial charge in [-0.05, 0) is 31.2 Å². The quantitative estimate of drug-likeness (QED) is 0.723. The molecule has 2 aliphatic rings. The molecule has 2 aliphatic heterocycles. The first-order chi connectivity index (χ1) is 9.75. The number of fused-ring (bicyclic) bond motifs is 4. The number of nitrogens with zero attached hydrogens (tertiary/aromatic N) is 1. The molecule has 20 heavy (non-hydrogen) atoms. The molecular weight excluding hydrogens is 246 g/mol. The van der Waals surface area contributed by atoms with Crippen LogP contribution in [0.15, 0.2) is 59.9 Å². The molecule has 0 spiro atoms. The summed E-state index contributed by atoms with van der Waals surface area (Å²) in [5, 5.41) is 4.41. The van der Waals surface area contributed by atoms with Crippen molar-refractivity contribution >= 4 is 17.5 Å². The van der Waals surface area contributed by atoms with Crippen molar-refractivity contribution in [2.45, 2.75) is 13.8 Å². The molecule has 0 unspecified atom stereocenters. The summed E-state index contributed by atoms with van der Waals surface area (Å²) >= 11 is 0. The van der Waals surface area contributed by atoms with Crippen LogP contribution in [-0.2, 0) is 4.84 Å². The van der Waals surface area contributed by atoms with Gasteiger partial charge < -0.3 is 4.84 Å². The maximum absolute atomic E-state index is 6.00. The van der Waals surface area contributed by atoms with Gasteiger partial charge in [-0.25, -0.2) is 0 Å². The molecule has 2 nitrogen and oxygen atoms in total. The number of allylic oxidation sites excluding steroid dienone is 1. The molecule has 0 aliphatic carbocycles. The van der Waals surface area contributed by atoms with E-state index in [4.69, 9.17) is 4.84 Å². The first-order valence-electron chi connectivity index (χ1n) is 6.82. The Bertz CT molecular complexity index is 861. The van der Waals surface area contributed by atoms with Crippen molar-refractivity contribution in [3.05, 3.63) is 75.9 Å². The Labute approximate surface area is 117 Å². The minimum atomic E-state index is 0.964. The number of para-hydroxylation sites is 1. The third-order valence-corrected chi connectivity index (χ3v) is 4.00. The Balaban J connectivity index is 2.19. The predicted octanol–water partition coefficient (Wildman–Crippen LogP) is 2.68. The minimum absolute atomic E-state index is 0.964. The monoisotopic (exact) mass is 261 g/mol. The molecule has 0 saturated heterocycles. The first kappa shape index (κ1) is 11.4. The number of benzene rings is 2. The summed E-state index contributed by atoms with van der Waals surface area (Å²) < 4.78 is 0. The SMILES string of the molecule is CC1=C(C)C2=c3ccccc3=Cc3ccccc3N2O1. The highest BCUT2D eigenvalue weighted by molar-refractivity contribution is 5.85. The second kappa shape index (κ2) is 4.01. The van der Waals surface area contributed by atoms with Gasteiger partial charge in [-0.2, -0.15) is 5.06 Å². The Hall–Kier alpha value is -2.48. The Morgan fingerprint density at radius 3 is 2.55 bits per heavy atom. The van der Waals surface area contributed by atoms with Crippen LogP contribution < -0.4 is 15.5 Å². The van der Waals surface area contributed by atoms with Crippen molar-refractivity contribution in [1.29, 1.82) is 0 Å². The summed E-state index contributed by atoms with van der Waals surface area (Å²) in [4.78, 5) is 6.00. The van der Waals surface area contributed by atoms with Gasteiger partial charge in [-0.15, -0.1) is 0 Å². The van der Waals surface area contributed by atoms with Crippen LogP contribution in [0.5, 0.6) is 0 Å². The van der Waals surface area contributed by atoms with E-state index in [0.717, 1.165) is 17.1 Å². The maximum Gasteiger partial charge on any atom is 0.135 e. The van der Waals surface area contributed by atoms with Crippen molar-refractivity contribution in [3.8, 4) is 0 Å². The van der Waals surface area contributed by atoms with Gasteiger partial charge in [0.15, 0.2) is 0 Å². The maximum atomic E-state index is 6.00. The summed E-state index contributed by atoms with van der Waals surface area (Å²) in [7, 11) is 0. The molecule has 0 N–H and O–H groups in total. The van der Waals surface area contributed by atoms with Gasteiger partial charge in [0, 0.05) is 16.4 Å². The van der Waals surface area contributed by atoms with Gasteiger partial charge in [0.1, 0.15) is 5.76 Å². The molecular formula is C18H15NO. The minimum Gasteiger partial charge on any atom is -0.379 e. The first-order valence-corrected chi connectivity index (χ1v) is 6.82. The molecule has 0 bridgehead atoms. The van der Waals surface area contributed by atoms with Gasteiger partial charge in [0.05, 0.1) is 11.4 Å². The van der Waals surface area contributed by atoms with E-state index in [1.165, 1.54) is 21.6 Å². The Morgan fingerprint density at radius 1 is 0.900 bits per heavy atom. The number of hydrogen-bond acceptors (Lipinski definition) is 2. The number of anilines is 1. The number of rotatable bonds is 0. The summed E-state index contributed by atoms with van der Waals surface area (Å²) in [6.45, 7) is 4.14. The summed E-state index contributed by atoms with van der Waals surface area (Å²) in [6, 6.07) is 16.8. The van der Waals surface area contributed by atoms with E-state index in [1.54, 1.807) is 0 Å². The van der Waals surface area contributed by atoms with Crippen LogP contribution in [0.2, 0.25) is 0 Å². The van der Waals surface area contributed by atoms with Crippen LogP contribution in [0.3, 0.4) is 0 Å². The Morgan fingerprint density at radius 2 is 1.65 bits per heavy atom. The van der Waals surface area contributed by atoms with E-state index in [0.29, 0.717) is 0 Å². The average molecular weight is 261 g/mol. The number of hydrogen-bond donors (Lipinski definition) is 0. The van der Waals surface area contributed by atoms with Crippen LogP contribution >= 0.6 is 0 Å². The van der Waals surface area contributed by atoms with Gasteiger partial charge >= 0.3 is 0 Å².